The van der Waals surface area contributed by atoms with Gasteiger partial charge in [0.15, 0.2) is 0 Å². The molecule has 0 aliphatic heterocycles. The Hall–Kier alpha value is -2.43. The van der Waals surface area contributed by atoms with Crippen LogP contribution in [0.2, 0.25) is 0 Å². The van der Waals surface area contributed by atoms with E-state index in [9.17, 15) is 9.59 Å². The lowest BCUT2D eigenvalue weighted by molar-refractivity contribution is -0.122. The summed E-state index contributed by atoms with van der Waals surface area (Å²) in [5.74, 6) is 0.634. The van der Waals surface area contributed by atoms with Crippen LogP contribution in [0.4, 0.5) is 0 Å². The SMILES string of the molecule is Cc1ccc(-c2ccc(=O)n(CCCC(=O)NC3CCCCC3C)n2)cc1. The fourth-order valence-corrected chi connectivity index (χ4v) is 3.69. The average Bonchev–Trinajstić information content (AvgIpc) is 2.66. The summed E-state index contributed by atoms with van der Waals surface area (Å²) in [5.41, 5.74) is 2.81. The van der Waals surface area contributed by atoms with Gasteiger partial charge in [-0.05, 0) is 38.2 Å². The standard InChI is InChI=1S/C22H29N3O2/c1-16-9-11-18(12-10-16)20-13-14-22(27)25(24-20)15-5-8-21(26)23-19-7-4-3-6-17(19)2/h9-14,17,19H,3-8,15H2,1-2H3,(H,23,26). The maximum Gasteiger partial charge on any atom is 0.266 e. The van der Waals surface area contributed by atoms with Crippen LogP contribution in [-0.4, -0.2) is 21.7 Å². The molecular formula is C22H29N3O2. The van der Waals surface area contributed by atoms with Gasteiger partial charge in [-0.3, -0.25) is 9.59 Å². The summed E-state index contributed by atoms with van der Waals surface area (Å²) in [6.45, 7) is 4.70. The Kier molecular flexibility index (Phi) is 6.43. The number of aryl methyl sites for hydroxylation is 2. The number of amides is 1. The number of aromatic nitrogens is 2. The van der Waals surface area contributed by atoms with Crippen LogP contribution in [0.15, 0.2) is 41.2 Å². The van der Waals surface area contributed by atoms with Crippen molar-refractivity contribution in [3.8, 4) is 11.3 Å². The van der Waals surface area contributed by atoms with Crippen molar-refractivity contribution in [2.75, 3.05) is 0 Å². The molecule has 1 N–H and O–H groups in total. The van der Waals surface area contributed by atoms with E-state index in [1.165, 1.54) is 29.5 Å². The largest absolute Gasteiger partial charge is 0.353 e. The van der Waals surface area contributed by atoms with Crippen LogP contribution in [-0.2, 0) is 11.3 Å². The maximum atomic E-state index is 12.2. The zero-order valence-corrected chi connectivity index (χ0v) is 16.3. The molecule has 2 atom stereocenters. The first kappa shape index (κ1) is 19.3. The van der Waals surface area contributed by atoms with Crippen LogP contribution in [0, 0.1) is 12.8 Å². The van der Waals surface area contributed by atoms with E-state index >= 15 is 0 Å². The van der Waals surface area contributed by atoms with Crippen molar-refractivity contribution < 1.29 is 4.79 Å². The minimum atomic E-state index is -0.132. The highest BCUT2D eigenvalue weighted by atomic mass is 16.1. The summed E-state index contributed by atoms with van der Waals surface area (Å²) in [4.78, 5) is 24.3. The quantitative estimate of drug-likeness (QED) is 0.847. The molecule has 0 bridgehead atoms. The topological polar surface area (TPSA) is 64.0 Å². The second-order valence-corrected chi connectivity index (χ2v) is 7.69. The smallest absolute Gasteiger partial charge is 0.266 e. The van der Waals surface area contributed by atoms with Gasteiger partial charge in [-0.15, -0.1) is 0 Å². The van der Waals surface area contributed by atoms with Crippen LogP contribution < -0.4 is 10.9 Å². The van der Waals surface area contributed by atoms with Crippen LogP contribution in [0.1, 0.15) is 51.0 Å². The zero-order chi connectivity index (χ0) is 19.2. The van der Waals surface area contributed by atoms with E-state index in [0.29, 0.717) is 31.3 Å². The van der Waals surface area contributed by atoms with Crippen molar-refractivity contribution in [1.29, 1.82) is 0 Å². The predicted octanol–water partition coefficient (Wildman–Crippen LogP) is 3.69. The Morgan fingerprint density at radius 3 is 2.63 bits per heavy atom. The van der Waals surface area contributed by atoms with E-state index in [1.807, 2.05) is 31.2 Å². The molecule has 1 heterocycles. The highest BCUT2D eigenvalue weighted by Crippen LogP contribution is 2.23. The number of hydrogen-bond donors (Lipinski definition) is 1. The van der Waals surface area contributed by atoms with E-state index < -0.39 is 0 Å². The van der Waals surface area contributed by atoms with Crippen LogP contribution in [0.3, 0.4) is 0 Å². The Morgan fingerprint density at radius 2 is 1.89 bits per heavy atom. The molecule has 1 fully saturated rings. The lowest BCUT2D eigenvalue weighted by Crippen LogP contribution is -2.41. The Balaban J connectivity index is 1.56. The predicted molar refractivity (Wildman–Crippen MR) is 107 cm³/mol. The van der Waals surface area contributed by atoms with Gasteiger partial charge in [0.1, 0.15) is 0 Å². The fraction of sp³-hybridized carbons (Fsp3) is 0.500. The Labute approximate surface area is 160 Å². The average molecular weight is 367 g/mol. The van der Waals surface area contributed by atoms with Gasteiger partial charge in [0.25, 0.3) is 5.56 Å². The van der Waals surface area contributed by atoms with Crippen LogP contribution >= 0.6 is 0 Å². The van der Waals surface area contributed by atoms with Crippen molar-refractivity contribution >= 4 is 5.91 Å². The van der Waals surface area contributed by atoms with E-state index in [-0.39, 0.29) is 11.5 Å². The monoisotopic (exact) mass is 367 g/mol. The number of hydrogen-bond acceptors (Lipinski definition) is 3. The summed E-state index contributed by atoms with van der Waals surface area (Å²) in [6.07, 6.45) is 5.76. The van der Waals surface area contributed by atoms with Crippen molar-refractivity contribution in [3.05, 3.63) is 52.3 Å². The van der Waals surface area contributed by atoms with Crippen molar-refractivity contribution in [2.45, 2.75) is 65.0 Å². The molecule has 1 saturated carbocycles. The second-order valence-electron chi connectivity index (χ2n) is 7.69. The molecule has 0 spiro atoms. The first-order valence-electron chi connectivity index (χ1n) is 9.97. The van der Waals surface area contributed by atoms with Gasteiger partial charge < -0.3 is 5.32 Å². The molecule has 0 radical (unpaired) electrons. The molecule has 2 aromatic rings. The molecule has 1 aromatic carbocycles. The number of benzene rings is 1. The molecule has 3 rings (SSSR count). The van der Waals surface area contributed by atoms with Gasteiger partial charge in [-0.25, -0.2) is 4.68 Å². The molecule has 2 unspecified atom stereocenters. The third-order valence-electron chi connectivity index (χ3n) is 5.45. The first-order valence-corrected chi connectivity index (χ1v) is 9.97. The molecular weight excluding hydrogens is 338 g/mol. The molecule has 0 saturated heterocycles. The first-order chi connectivity index (χ1) is 13.0. The van der Waals surface area contributed by atoms with E-state index in [2.05, 4.69) is 17.3 Å². The molecule has 1 aliphatic rings. The highest BCUT2D eigenvalue weighted by molar-refractivity contribution is 5.76. The van der Waals surface area contributed by atoms with Gasteiger partial charge in [-0.1, -0.05) is 49.6 Å². The molecule has 1 aliphatic carbocycles. The summed E-state index contributed by atoms with van der Waals surface area (Å²) in [5, 5.41) is 7.63. The Bertz CT molecular complexity index is 826. The second kappa shape index (κ2) is 8.98. The summed E-state index contributed by atoms with van der Waals surface area (Å²) in [7, 11) is 0. The van der Waals surface area contributed by atoms with Crippen molar-refractivity contribution in [1.82, 2.24) is 15.1 Å². The lowest BCUT2D eigenvalue weighted by atomic mass is 9.86. The zero-order valence-electron chi connectivity index (χ0n) is 16.3. The summed E-state index contributed by atoms with van der Waals surface area (Å²) in [6, 6.07) is 11.7. The number of rotatable bonds is 6. The summed E-state index contributed by atoms with van der Waals surface area (Å²) < 4.78 is 1.46. The van der Waals surface area contributed by atoms with Crippen molar-refractivity contribution in [2.24, 2.45) is 5.92 Å². The number of carbonyl (C=O) groups excluding carboxylic acids is 1. The highest BCUT2D eigenvalue weighted by Gasteiger charge is 2.22. The lowest BCUT2D eigenvalue weighted by Gasteiger charge is -2.29. The number of carbonyl (C=O) groups is 1. The number of nitrogens with zero attached hydrogens (tertiary/aromatic N) is 2. The van der Waals surface area contributed by atoms with E-state index in [1.54, 1.807) is 12.1 Å². The van der Waals surface area contributed by atoms with Gasteiger partial charge in [0, 0.05) is 30.6 Å². The van der Waals surface area contributed by atoms with Gasteiger partial charge in [0.05, 0.1) is 5.69 Å². The summed E-state index contributed by atoms with van der Waals surface area (Å²) >= 11 is 0. The minimum Gasteiger partial charge on any atom is -0.353 e. The van der Waals surface area contributed by atoms with Crippen LogP contribution in [0.5, 0.6) is 0 Å². The minimum absolute atomic E-state index is 0.0801. The molecule has 27 heavy (non-hydrogen) atoms. The number of nitrogens with one attached hydrogen (secondary N) is 1. The van der Waals surface area contributed by atoms with E-state index in [4.69, 9.17) is 0 Å². The maximum absolute atomic E-state index is 12.2. The molecule has 5 heteroatoms. The normalized spacial score (nSPS) is 19.6. The van der Waals surface area contributed by atoms with Gasteiger partial charge in [0.2, 0.25) is 5.91 Å². The van der Waals surface area contributed by atoms with Crippen molar-refractivity contribution in [3.63, 3.8) is 0 Å². The third kappa shape index (κ3) is 5.28. The molecule has 1 amide bonds. The fourth-order valence-electron chi connectivity index (χ4n) is 3.69. The molecule has 1 aromatic heterocycles. The Morgan fingerprint density at radius 1 is 1.15 bits per heavy atom. The van der Waals surface area contributed by atoms with Gasteiger partial charge in [-0.2, -0.15) is 5.10 Å². The molecule has 5 nitrogen and oxygen atoms in total. The third-order valence-corrected chi connectivity index (χ3v) is 5.45. The van der Waals surface area contributed by atoms with Crippen LogP contribution in [0.25, 0.3) is 11.3 Å². The van der Waals surface area contributed by atoms with Gasteiger partial charge >= 0.3 is 0 Å². The van der Waals surface area contributed by atoms with E-state index in [0.717, 1.165) is 17.7 Å². The molecule has 144 valence electrons.